The smallest absolute Gasteiger partial charge is 0.408 e. The van der Waals surface area contributed by atoms with Crippen LogP contribution in [0, 0.1) is 32.6 Å². The molecule has 2 N–H and O–H groups in total. The number of benzene rings is 2. The summed E-state index contributed by atoms with van der Waals surface area (Å²) in [6.07, 6.45) is 0.515. The third-order valence-corrected chi connectivity index (χ3v) is 7.53. The lowest BCUT2D eigenvalue weighted by atomic mass is 9.96. The molecular formula is C32H44ClN3O4. The van der Waals surface area contributed by atoms with E-state index in [2.05, 4.69) is 17.6 Å². The van der Waals surface area contributed by atoms with Crippen molar-refractivity contribution >= 4 is 35.2 Å². The quantitative estimate of drug-likeness (QED) is 0.336. The van der Waals surface area contributed by atoms with Crippen molar-refractivity contribution in [2.75, 3.05) is 5.32 Å². The van der Waals surface area contributed by atoms with E-state index < -0.39 is 23.8 Å². The Morgan fingerprint density at radius 1 is 1.05 bits per heavy atom. The van der Waals surface area contributed by atoms with Gasteiger partial charge in [0.05, 0.1) is 10.7 Å². The highest BCUT2D eigenvalue weighted by molar-refractivity contribution is 6.34. The van der Waals surface area contributed by atoms with Crippen LogP contribution in [0.4, 0.5) is 10.5 Å². The molecule has 1 aliphatic carbocycles. The van der Waals surface area contributed by atoms with E-state index in [0.29, 0.717) is 22.7 Å². The average molecular weight is 570 g/mol. The van der Waals surface area contributed by atoms with Crippen LogP contribution in [0.1, 0.15) is 82.7 Å². The van der Waals surface area contributed by atoms with Crippen molar-refractivity contribution in [2.24, 2.45) is 11.8 Å². The van der Waals surface area contributed by atoms with E-state index in [0.717, 1.165) is 23.1 Å². The minimum absolute atomic E-state index is 0.113. The van der Waals surface area contributed by atoms with E-state index in [-0.39, 0.29) is 29.7 Å². The van der Waals surface area contributed by atoms with Crippen molar-refractivity contribution in [2.45, 2.75) is 98.9 Å². The van der Waals surface area contributed by atoms with Crippen molar-refractivity contribution < 1.29 is 19.1 Å². The van der Waals surface area contributed by atoms with Gasteiger partial charge in [0.1, 0.15) is 17.7 Å². The first-order valence-corrected chi connectivity index (χ1v) is 14.4. The van der Waals surface area contributed by atoms with Gasteiger partial charge in [-0.1, -0.05) is 62.7 Å². The number of carbonyl (C=O) groups excluding carboxylic acids is 3. The number of nitrogens with zero attached hydrogens (tertiary/aromatic N) is 1. The molecule has 4 unspecified atom stereocenters. The van der Waals surface area contributed by atoms with Gasteiger partial charge in [0.2, 0.25) is 5.91 Å². The maximum atomic E-state index is 14.4. The monoisotopic (exact) mass is 569 g/mol. The Morgan fingerprint density at radius 3 is 2.23 bits per heavy atom. The van der Waals surface area contributed by atoms with Gasteiger partial charge in [0.15, 0.2) is 0 Å². The number of amides is 3. The predicted octanol–water partition coefficient (Wildman–Crippen LogP) is 7.12. The number of anilines is 1. The number of halogens is 1. The Balaban J connectivity index is 2.08. The van der Waals surface area contributed by atoms with Crippen molar-refractivity contribution in [1.29, 1.82) is 0 Å². The van der Waals surface area contributed by atoms with Crippen LogP contribution in [0.25, 0.3) is 0 Å². The largest absolute Gasteiger partial charge is 0.444 e. The van der Waals surface area contributed by atoms with Crippen LogP contribution < -0.4 is 10.6 Å². The standard InChI is InChI=1S/C32H44ClN3O4/c1-18(2)15-25(34-31(39)40-32(7,8)9)30(38)36(26-17-22(26)6)28(23-14-13-19(3)21(5)16-23)29(37)35-27-20(4)11-10-12-24(27)33/h10-14,16,18,22,25-26,28H,15,17H2,1-9H3,(H,34,39)(H,35,37). The maximum absolute atomic E-state index is 14.4. The highest BCUT2D eigenvalue weighted by Crippen LogP contribution is 2.42. The minimum Gasteiger partial charge on any atom is -0.444 e. The fraction of sp³-hybridized carbons (Fsp3) is 0.531. The van der Waals surface area contributed by atoms with Crippen LogP contribution in [0.15, 0.2) is 36.4 Å². The second-order valence-corrected chi connectivity index (χ2v) is 12.9. The number of para-hydroxylation sites is 1. The van der Waals surface area contributed by atoms with Gasteiger partial charge < -0.3 is 20.3 Å². The molecule has 3 rings (SSSR count). The summed E-state index contributed by atoms with van der Waals surface area (Å²) < 4.78 is 5.49. The molecule has 2 aromatic rings. The molecule has 218 valence electrons. The van der Waals surface area contributed by atoms with Gasteiger partial charge in [-0.05, 0) is 94.5 Å². The number of alkyl carbamates (subject to hydrolysis) is 1. The van der Waals surface area contributed by atoms with Crippen LogP contribution in [-0.2, 0) is 14.3 Å². The lowest BCUT2D eigenvalue weighted by Crippen LogP contribution is -2.53. The molecule has 7 nitrogen and oxygen atoms in total. The molecule has 1 saturated carbocycles. The highest BCUT2D eigenvalue weighted by Gasteiger charge is 2.48. The zero-order valence-corrected chi connectivity index (χ0v) is 26.0. The molecule has 0 aliphatic heterocycles. The summed E-state index contributed by atoms with van der Waals surface area (Å²) in [5, 5.41) is 6.25. The SMILES string of the molecule is Cc1ccc(C(C(=O)Nc2c(C)cccc2Cl)N(C(=O)C(CC(C)C)NC(=O)OC(C)(C)C)C2CC2C)cc1C. The molecule has 0 bridgehead atoms. The van der Waals surface area contributed by atoms with Gasteiger partial charge in [-0.15, -0.1) is 0 Å². The van der Waals surface area contributed by atoms with Gasteiger partial charge in [-0.25, -0.2) is 4.79 Å². The van der Waals surface area contributed by atoms with E-state index in [1.807, 2.05) is 65.0 Å². The maximum Gasteiger partial charge on any atom is 0.408 e. The van der Waals surface area contributed by atoms with E-state index >= 15 is 0 Å². The second-order valence-electron chi connectivity index (χ2n) is 12.5. The minimum atomic E-state index is -0.924. The van der Waals surface area contributed by atoms with Crippen LogP contribution in [-0.4, -0.2) is 40.5 Å². The Morgan fingerprint density at radius 2 is 1.70 bits per heavy atom. The molecule has 2 aromatic carbocycles. The number of carbonyl (C=O) groups is 3. The van der Waals surface area contributed by atoms with Crippen molar-refractivity contribution in [3.63, 3.8) is 0 Å². The molecule has 8 heteroatoms. The highest BCUT2D eigenvalue weighted by atomic mass is 35.5. The summed E-state index contributed by atoms with van der Waals surface area (Å²) in [4.78, 5) is 43.1. The first-order chi connectivity index (χ1) is 18.6. The van der Waals surface area contributed by atoms with E-state index in [1.54, 1.807) is 31.7 Å². The molecule has 4 atom stereocenters. The van der Waals surface area contributed by atoms with Gasteiger partial charge >= 0.3 is 6.09 Å². The van der Waals surface area contributed by atoms with E-state index in [4.69, 9.17) is 16.3 Å². The third kappa shape index (κ3) is 8.00. The van der Waals surface area contributed by atoms with Gasteiger partial charge in [0, 0.05) is 6.04 Å². The van der Waals surface area contributed by atoms with Gasteiger partial charge in [0.25, 0.3) is 5.91 Å². The zero-order chi connectivity index (χ0) is 29.9. The summed E-state index contributed by atoms with van der Waals surface area (Å²) in [6, 6.07) is 9.34. The Labute approximate surface area is 244 Å². The van der Waals surface area contributed by atoms with Gasteiger partial charge in [-0.3, -0.25) is 9.59 Å². The van der Waals surface area contributed by atoms with Crippen LogP contribution in [0.3, 0.4) is 0 Å². The lowest BCUT2D eigenvalue weighted by Gasteiger charge is -2.35. The van der Waals surface area contributed by atoms with Crippen molar-refractivity contribution in [3.05, 3.63) is 63.7 Å². The number of hydrogen-bond donors (Lipinski definition) is 2. The number of nitrogens with one attached hydrogen (secondary N) is 2. The zero-order valence-electron chi connectivity index (χ0n) is 25.2. The molecular weight excluding hydrogens is 526 g/mol. The van der Waals surface area contributed by atoms with E-state index in [1.165, 1.54) is 0 Å². The van der Waals surface area contributed by atoms with Crippen molar-refractivity contribution in [3.8, 4) is 0 Å². The molecule has 3 amide bonds. The average Bonchev–Trinajstić information content (AvgIpc) is 3.55. The molecule has 40 heavy (non-hydrogen) atoms. The molecule has 0 saturated heterocycles. The number of rotatable bonds is 9. The summed E-state index contributed by atoms with van der Waals surface area (Å²) in [5.41, 5.74) is 3.44. The molecule has 0 radical (unpaired) electrons. The molecule has 0 aromatic heterocycles. The topological polar surface area (TPSA) is 87.7 Å². The normalized spacial score (nSPS) is 18.1. The lowest BCUT2D eigenvalue weighted by molar-refractivity contribution is -0.142. The Bertz CT molecular complexity index is 1230. The summed E-state index contributed by atoms with van der Waals surface area (Å²) in [5.74, 6) is -0.327. The molecule has 0 spiro atoms. The second kappa shape index (κ2) is 12.6. The van der Waals surface area contributed by atoms with Crippen LogP contribution >= 0.6 is 11.6 Å². The summed E-state index contributed by atoms with van der Waals surface area (Å²) in [7, 11) is 0. The fourth-order valence-electron chi connectivity index (χ4n) is 4.85. The number of hydrogen-bond acceptors (Lipinski definition) is 4. The van der Waals surface area contributed by atoms with Crippen LogP contribution in [0.5, 0.6) is 0 Å². The number of aryl methyl sites for hydroxylation is 3. The first-order valence-electron chi connectivity index (χ1n) is 14.0. The molecule has 1 aliphatic rings. The predicted molar refractivity (Wildman–Crippen MR) is 161 cm³/mol. The van der Waals surface area contributed by atoms with Crippen molar-refractivity contribution in [1.82, 2.24) is 10.2 Å². The Kier molecular flexibility index (Phi) is 9.94. The first kappa shape index (κ1) is 31.5. The number of ether oxygens (including phenoxy) is 1. The Hall–Kier alpha value is -3.06. The van der Waals surface area contributed by atoms with E-state index in [9.17, 15) is 14.4 Å². The van der Waals surface area contributed by atoms with Crippen LogP contribution in [0.2, 0.25) is 5.02 Å². The summed E-state index contributed by atoms with van der Waals surface area (Å²) in [6.45, 7) is 17.3. The summed E-state index contributed by atoms with van der Waals surface area (Å²) >= 11 is 6.47. The fourth-order valence-corrected chi connectivity index (χ4v) is 5.12. The molecule has 0 heterocycles. The third-order valence-electron chi connectivity index (χ3n) is 7.22. The molecule has 1 fully saturated rings. The van der Waals surface area contributed by atoms with Gasteiger partial charge in [-0.2, -0.15) is 0 Å².